The maximum atomic E-state index is 12.9. The third-order valence-electron chi connectivity index (χ3n) is 7.19. The lowest BCUT2D eigenvalue weighted by atomic mass is 9.85. The molecule has 1 aliphatic carbocycles. The van der Waals surface area contributed by atoms with Crippen molar-refractivity contribution < 1.29 is 14.7 Å². The summed E-state index contributed by atoms with van der Waals surface area (Å²) < 4.78 is 0. The molecule has 4 rings (SSSR count). The summed E-state index contributed by atoms with van der Waals surface area (Å²) in [6.07, 6.45) is 10.1. The van der Waals surface area contributed by atoms with Crippen LogP contribution in [0.4, 0.5) is 11.5 Å². The fraction of sp³-hybridized carbons (Fsp3) is 0.519. The van der Waals surface area contributed by atoms with E-state index in [1.54, 1.807) is 13.2 Å². The Bertz CT molecular complexity index is 1090. The van der Waals surface area contributed by atoms with E-state index in [2.05, 4.69) is 38.8 Å². The molecule has 1 saturated heterocycles. The molecule has 1 aliphatic heterocycles. The minimum Gasteiger partial charge on any atom is -0.395 e. The van der Waals surface area contributed by atoms with Gasteiger partial charge < -0.3 is 25.6 Å². The standard InChI is InChI=1S/C27H38N6O3/c1-28-24-17-29-26(31-24)27(36)30-23-9-8-21(16-22(23)20-6-4-3-5-7-20)19-10-12-33(13-11-19)25(35)18-32(2)14-15-34/h6,8-9,16-17,19,28,34H,3-5,7,10-15,18H2,1-2H3,(H,29,31)(H,30,36). The Morgan fingerprint density at radius 1 is 1.25 bits per heavy atom. The number of hydrogen-bond donors (Lipinski definition) is 4. The lowest BCUT2D eigenvalue weighted by Gasteiger charge is -2.33. The molecule has 4 N–H and O–H groups in total. The quantitative estimate of drug-likeness (QED) is 0.425. The monoisotopic (exact) mass is 494 g/mol. The van der Waals surface area contributed by atoms with Crippen molar-refractivity contribution in [2.45, 2.75) is 44.4 Å². The molecule has 1 fully saturated rings. The number of anilines is 2. The molecule has 9 nitrogen and oxygen atoms in total. The Hall–Kier alpha value is -3.17. The largest absolute Gasteiger partial charge is 0.395 e. The van der Waals surface area contributed by atoms with E-state index in [9.17, 15) is 9.59 Å². The zero-order valence-electron chi connectivity index (χ0n) is 21.3. The molecule has 2 heterocycles. The Morgan fingerprint density at radius 3 is 2.72 bits per heavy atom. The first-order valence-electron chi connectivity index (χ1n) is 12.9. The number of nitrogens with one attached hydrogen (secondary N) is 3. The van der Waals surface area contributed by atoms with Crippen molar-refractivity contribution in [3.05, 3.63) is 47.4 Å². The van der Waals surface area contributed by atoms with E-state index in [1.807, 2.05) is 22.9 Å². The molecule has 0 spiro atoms. The Balaban J connectivity index is 1.47. The molecular formula is C27H38N6O3. The fourth-order valence-electron chi connectivity index (χ4n) is 5.06. The summed E-state index contributed by atoms with van der Waals surface area (Å²) in [7, 11) is 3.63. The van der Waals surface area contributed by atoms with Crippen LogP contribution in [0.2, 0.25) is 0 Å². The predicted octanol–water partition coefficient (Wildman–Crippen LogP) is 3.29. The number of hydrogen-bond acceptors (Lipinski definition) is 6. The lowest BCUT2D eigenvalue weighted by Crippen LogP contribution is -2.43. The van der Waals surface area contributed by atoms with Crippen LogP contribution in [0.15, 0.2) is 30.5 Å². The van der Waals surface area contributed by atoms with Crippen LogP contribution < -0.4 is 10.6 Å². The Morgan fingerprint density at radius 2 is 2.06 bits per heavy atom. The van der Waals surface area contributed by atoms with Crippen LogP contribution >= 0.6 is 0 Å². The minimum atomic E-state index is -0.264. The lowest BCUT2D eigenvalue weighted by molar-refractivity contribution is -0.133. The summed E-state index contributed by atoms with van der Waals surface area (Å²) in [6.45, 7) is 2.36. The summed E-state index contributed by atoms with van der Waals surface area (Å²) in [5.41, 5.74) is 4.44. The molecule has 36 heavy (non-hydrogen) atoms. The second-order valence-corrected chi connectivity index (χ2v) is 9.75. The second-order valence-electron chi connectivity index (χ2n) is 9.75. The van der Waals surface area contributed by atoms with Crippen LogP contribution in [0.1, 0.15) is 66.2 Å². The van der Waals surface area contributed by atoms with Gasteiger partial charge in [0.1, 0.15) is 5.82 Å². The average Bonchev–Trinajstić information content (AvgIpc) is 3.39. The number of imidazole rings is 1. The summed E-state index contributed by atoms with van der Waals surface area (Å²) in [5.74, 6) is 1.19. The number of benzene rings is 1. The maximum Gasteiger partial charge on any atom is 0.291 e. The molecule has 9 heteroatoms. The first-order valence-corrected chi connectivity index (χ1v) is 12.9. The number of aliphatic hydroxyl groups is 1. The molecule has 0 unspecified atom stereocenters. The summed E-state index contributed by atoms with van der Waals surface area (Å²) in [6, 6.07) is 6.37. The van der Waals surface area contributed by atoms with Crippen LogP contribution in [0.5, 0.6) is 0 Å². The van der Waals surface area contributed by atoms with E-state index >= 15 is 0 Å². The van der Waals surface area contributed by atoms with Gasteiger partial charge in [-0.25, -0.2) is 4.98 Å². The first-order chi connectivity index (χ1) is 17.5. The fourth-order valence-corrected chi connectivity index (χ4v) is 5.06. The van der Waals surface area contributed by atoms with Crippen LogP contribution in [-0.2, 0) is 4.79 Å². The number of allylic oxidation sites excluding steroid dienone is 2. The zero-order valence-corrected chi connectivity index (χ0v) is 21.3. The number of carbonyl (C=O) groups is 2. The number of likely N-dealkylation sites (N-methyl/N-ethyl adjacent to an activating group) is 1. The molecular weight excluding hydrogens is 456 g/mol. The first kappa shape index (κ1) is 25.9. The normalized spacial score (nSPS) is 16.7. The highest BCUT2D eigenvalue weighted by Crippen LogP contribution is 2.36. The summed E-state index contributed by atoms with van der Waals surface area (Å²) >= 11 is 0. The van der Waals surface area contributed by atoms with Crippen LogP contribution in [0.3, 0.4) is 0 Å². The maximum absolute atomic E-state index is 12.9. The van der Waals surface area contributed by atoms with Crippen molar-refractivity contribution >= 4 is 28.9 Å². The van der Waals surface area contributed by atoms with Gasteiger partial charge in [0.05, 0.1) is 19.3 Å². The minimum absolute atomic E-state index is 0.0551. The molecule has 0 saturated carbocycles. The smallest absolute Gasteiger partial charge is 0.291 e. The summed E-state index contributed by atoms with van der Waals surface area (Å²) in [4.78, 5) is 36.4. The van der Waals surface area contributed by atoms with Crippen LogP contribution in [0, 0.1) is 0 Å². The molecule has 194 valence electrons. The van der Waals surface area contributed by atoms with E-state index in [0.29, 0.717) is 24.8 Å². The van der Waals surface area contributed by atoms with Crippen molar-refractivity contribution in [3.63, 3.8) is 0 Å². The Kier molecular flexibility index (Phi) is 8.77. The second kappa shape index (κ2) is 12.2. The number of carbonyl (C=O) groups excluding carboxylic acids is 2. The number of aliphatic hydroxyl groups excluding tert-OH is 1. The molecule has 0 bridgehead atoms. The number of rotatable bonds is 9. The number of nitrogens with zero attached hydrogens (tertiary/aromatic N) is 3. The number of aromatic nitrogens is 2. The van der Waals surface area contributed by atoms with Gasteiger partial charge in [-0.15, -0.1) is 0 Å². The summed E-state index contributed by atoms with van der Waals surface area (Å²) in [5, 5.41) is 15.1. The third kappa shape index (κ3) is 6.33. The molecule has 2 amide bonds. The number of aromatic amines is 1. The van der Waals surface area contributed by atoms with E-state index < -0.39 is 0 Å². The van der Waals surface area contributed by atoms with Gasteiger partial charge in [0.15, 0.2) is 5.82 Å². The van der Waals surface area contributed by atoms with Crippen LogP contribution in [0.25, 0.3) is 5.57 Å². The van der Waals surface area contributed by atoms with Gasteiger partial charge in [0.25, 0.3) is 5.91 Å². The molecule has 0 atom stereocenters. The van der Waals surface area contributed by atoms with E-state index in [0.717, 1.165) is 56.4 Å². The molecule has 2 aromatic rings. The molecule has 1 aromatic heterocycles. The van der Waals surface area contributed by atoms with Crippen molar-refractivity contribution in [1.29, 1.82) is 0 Å². The number of likely N-dealkylation sites (tertiary alicyclic amines) is 1. The number of H-pyrrole nitrogens is 1. The highest BCUT2D eigenvalue weighted by atomic mass is 16.3. The van der Waals surface area contributed by atoms with E-state index in [4.69, 9.17) is 5.11 Å². The van der Waals surface area contributed by atoms with Gasteiger partial charge in [-0.05, 0) is 74.8 Å². The van der Waals surface area contributed by atoms with Crippen LogP contribution in [-0.4, -0.2) is 83.6 Å². The topological polar surface area (TPSA) is 114 Å². The molecule has 2 aliphatic rings. The predicted molar refractivity (Wildman–Crippen MR) is 142 cm³/mol. The van der Waals surface area contributed by atoms with E-state index in [-0.39, 0.29) is 24.2 Å². The highest BCUT2D eigenvalue weighted by molar-refractivity contribution is 6.03. The SMILES string of the molecule is CNc1cnc(C(=O)Nc2ccc(C3CCN(C(=O)CN(C)CCO)CC3)cc2C2=CCCCC2)[nH]1. The van der Waals surface area contributed by atoms with Crippen molar-refractivity contribution in [2.24, 2.45) is 0 Å². The van der Waals surface area contributed by atoms with Crippen molar-refractivity contribution in [2.75, 3.05) is 57.5 Å². The Labute approximate surface area is 213 Å². The average molecular weight is 495 g/mol. The van der Waals surface area contributed by atoms with Gasteiger partial charge in [-0.1, -0.05) is 12.1 Å². The van der Waals surface area contributed by atoms with E-state index in [1.165, 1.54) is 17.6 Å². The number of amides is 2. The van der Waals surface area contributed by atoms with Gasteiger partial charge in [-0.2, -0.15) is 0 Å². The van der Waals surface area contributed by atoms with Crippen molar-refractivity contribution in [3.8, 4) is 0 Å². The van der Waals surface area contributed by atoms with Gasteiger partial charge in [0.2, 0.25) is 5.91 Å². The van der Waals surface area contributed by atoms with Crippen molar-refractivity contribution in [1.82, 2.24) is 19.8 Å². The van der Waals surface area contributed by atoms with Gasteiger partial charge >= 0.3 is 0 Å². The van der Waals surface area contributed by atoms with Gasteiger partial charge in [0, 0.05) is 37.9 Å². The number of piperidine rings is 1. The molecule has 1 aromatic carbocycles. The molecule has 0 radical (unpaired) electrons. The third-order valence-corrected chi connectivity index (χ3v) is 7.19. The zero-order chi connectivity index (χ0) is 25.5. The highest BCUT2D eigenvalue weighted by Gasteiger charge is 2.25. The van der Waals surface area contributed by atoms with Gasteiger partial charge in [-0.3, -0.25) is 14.5 Å².